The van der Waals surface area contributed by atoms with Gasteiger partial charge >= 0.3 is 6.18 Å². The van der Waals surface area contributed by atoms with Gasteiger partial charge in [0.1, 0.15) is 0 Å². The van der Waals surface area contributed by atoms with Crippen LogP contribution >= 0.6 is 0 Å². The van der Waals surface area contributed by atoms with E-state index in [0.717, 1.165) is 29.0 Å². The molecule has 0 saturated heterocycles. The number of fused-ring (bicyclic) bond motifs is 3. The first-order chi connectivity index (χ1) is 14.9. The molecule has 3 aromatic rings. The molecule has 0 unspecified atom stereocenters. The third-order valence-electron chi connectivity index (χ3n) is 5.72. The molecule has 0 spiro atoms. The topological polar surface area (TPSA) is 88.3 Å². The fourth-order valence-corrected chi connectivity index (χ4v) is 4.95. The summed E-state index contributed by atoms with van der Waals surface area (Å²) < 4.78 is 66.4. The first-order valence-electron chi connectivity index (χ1n) is 10.1. The Bertz CT molecular complexity index is 1290. The van der Waals surface area contributed by atoms with Gasteiger partial charge in [-0.15, -0.1) is 0 Å². The van der Waals surface area contributed by atoms with Gasteiger partial charge in [-0.25, -0.2) is 18.4 Å². The lowest BCUT2D eigenvalue weighted by molar-refractivity contribution is -0.142. The number of aliphatic hydroxyl groups is 1. The van der Waals surface area contributed by atoms with Crippen molar-refractivity contribution in [3.63, 3.8) is 0 Å². The molecule has 4 rings (SSSR count). The van der Waals surface area contributed by atoms with Crippen LogP contribution in [0, 0.1) is 5.92 Å². The minimum atomic E-state index is -4.71. The summed E-state index contributed by atoms with van der Waals surface area (Å²) in [7, 11) is -3.38. The molecule has 2 aromatic heterocycles. The maximum atomic E-state index is 13.5. The Morgan fingerprint density at radius 3 is 2.53 bits per heavy atom. The standard InChI is InChI=1S/C21H23F3N4O3S/c1-12(2)18-17-8-13-4-5-15(32(3,30)31)9-16(13)27(17)6-7-28(18)20-25-10-14(11-29)19(26-20)21(22,23)24/h4-5,8-10,12,18,29H,6-7,11H2,1-3H3/t18-/m1/s1. The van der Waals surface area contributed by atoms with Gasteiger partial charge in [0.05, 0.1) is 17.5 Å². The summed E-state index contributed by atoms with van der Waals surface area (Å²) in [4.78, 5) is 9.86. The molecule has 172 valence electrons. The SMILES string of the molecule is CC(C)[C@@H]1c2cc3ccc(S(C)(=O)=O)cc3n2CCN1c1ncc(CO)c(C(F)(F)F)n1. The third kappa shape index (κ3) is 3.83. The summed E-state index contributed by atoms with van der Waals surface area (Å²) in [6.45, 7) is 3.89. The van der Waals surface area contributed by atoms with Crippen molar-refractivity contribution in [1.29, 1.82) is 0 Å². The summed E-state index contributed by atoms with van der Waals surface area (Å²) in [5, 5.41) is 10.1. The van der Waals surface area contributed by atoms with Gasteiger partial charge in [0, 0.05) is 47.7 Å². The van der Waals surface area contributed by atoms with Gasteiger partial charge < -0.3 is 14.6 Å². The van der Waals surface area contributed by atoms with Crippen LogP contribution in [0.15, 0.2) is 35.4 Å². The maximum absolute atomic E-state index is 13.5. The number of hydrogen-bond donors (Lipinski definition) is 1. The molecule has 1 atom stereocenters. The summed E-state index contributed by atoms with van der Waals surface area (Å²) in [5.41, 5.74) is 0.106. The quantitative estimate of drug-likeness (QED) is 0.630. The molecule has 0 saturated carbocycles. The first-order valence-corrected chi connectivity index (χ1v) is 11.9. The zero-order valence-electron chi connectivity index (χ0n) is 17.8. The van der Waals surface area contributed by atoms with Gasteiger partial charge in [-0.2, -0.15) is 13.2 Å². The number of alkyl halides is 3. The number of halogens is 3. The number of nitrogens with zero attached hydrogens (tertiary/aromatic N) is 4. The normalized spacial score (nSPS) is 17.2. The van der Waals surface area contributed by atoms with Crippen LogP contribution in [0.4, 0.5) is 19.1 Å². The van der Waals surface area contributed by atoms with E-state index in [-0.39, 0.29) is 28.4 Å². The van der Waals surface area contributed by atoms with E-state index in [4.69, 9.17) is 0 Å². The maximum Gasteiger partial charge on any atom is 0.433 e. The van der Waals surface area contributed by atoms with Crippen LogP contribution in [-0.2, 0) is 29.2 Å². The smallest absolute Gasteiger partial charge is 0.392 e. The monoisotopic (exact) mass is 468 g/mol. The molecule has 0 fully saturated rings. The average Bonchev–Trinajstić information content (AvgIpc) is 3.08. The Morgan fingerprint density at radius 1 is 1.22 bits per heavy atom. The zero-order valence-corrected chi connectivity index (χ0v) is 18.6. The zero-order chi connectivity index (χ0) is 23.4. The first kappa shape index (κ1) is 22.5. The van der Waals surface area contributed by atoms with Crippen LogP contribution in [0.3, 0.4) is 0 Å². The van der Waals surface area contributed by atoms with E-state index in [2.05, 4.69) is 9.97 Å². The van der Waals surface area contributed by atoms with Crippen LogP contribution in [0.5, 0.6) is 0 Å². The fourth-order valence-electron chi connectivity index (χ4n) is 4.31. The highest BCUT2D eigenvalue weighted by molar-refractivity contribution is 7.90. The summed E-state index contributed by atoms with van der Waals surface area (Å²) in [6, 6.07) is 6.55. The lowest BCUT2D eigenvalue weighted by atomic mass is 9.97. The van der Waals surface area contributed by atoms with Crippen molar-refractivity contribution < 1.29 is 26.7 Å². The molecule has 32 heavy (non-hydrogen) atoms. The minimum Gasteiger partial charge on any atom is -0.392 e. The molecule has 7 nitrogen and oxygen atoms in total. The predicted molar refractivity (Wildman–Crippen MR) is 113 cm³/mol. The van der Waals surface area contributed by atoms with Crippen LogP contribution < -0.4 is 4.90 Å². The Labute approximate surface area is 183 Å². The number of sulfone groups is 1. The molecule has 0 radical (unpaired) electrons. The van der Waals surface area contributed by atoms with Gasteiger partial charge in [-0.3, -0.25) is 0 Å². The molecule has 0 bridgehead atoms. The second kappa shape index (κ2) is 7.73. The second-order valence-electron chi connectivity index (χ2n) is 8.30. The van der Waals surface area contributed by atoms with Crippen molar-refractivity contribution >= 4 is 26.7 Å². The predicted octanol–water partition coefficient (Wildman–Crippen LogP) is 3.56. The van der Waals surface area contributed by atoms with Crippen LogP contribution in [-0.4, -0.2) is 40.9 Å². The number of aromatic nitrogens is 3. The van der Waals surface area contributed by atoms with Crippen molar-refractivity contribution in [3.05, 3.63) is 47.4 Å². The van der Waals surface area contributed by atoms with Crippen molar-refractivity contribution in [1.82, 2.24) is 14.5 Å². The van der Waals surface area contributed by atoms with E-state index in [1.54, 1.807) is 23.1 Å². The molecule has 1 aliphatic rings. The van der Waals surface area contributed by atoms with E-state index in [1.807, 2.05) is 24.5 Å². The highest BCUT2D eigenvalue weighted by atomic mass is 32.2. The Morgan fingerprint density at radius 2 is 1.94 bits per heavy atom. The number of hydrogen-bond acceptors (Lipinski definition) is 6. The molecule has 11 heteroatoms. The van der Waals surface area contributed by atoms with Crippen LogP contribution in [0.2, 0.25) is 0 Å². The Kier molecular flexibility index (Phi) is 5.44. The van der Waals surface area contributed by atoms with E-state index in [9.17, 15) is 26.7 Å². The molecule has 3 heterocycles. The van der Waals surface area contributed by atoms with Gasteiger partial charge in [0.15, 0.2) is 15.5 Å². The Hall–Kier alpha value is -2.66. The second-order valence-corrected chi connectivity index (χ2v) is 10.3. The van der Waals surface area contributed by atoms with Gasteiger partial charge in [0.2, 0.25) is 5.95 Å². The summed E-state index contributed by atoms with van der Waals surface area (Å²) in [6.07, 6.45) is -2.54. The lowest BCUT2D eigenvalue weighted by Crippen LogP contribution is -2.41. The van der Waals surface area contributed by atoms with E-state index in [0.29, 0.717) is 13.1 Å². The van der Waals surface area contributed by atoms with E-state index >= 15 is 0 Å². The van der Waals surface area contributed by atoms with Crippen molar-refractivity contribution in [3.8, 4) is 0 Å². The number of benzene rings is 1. The van der Waals surface area contributed by atoms with Crippen molar-refractivity contribution in [2.24, 2.45) is 5.92 Å². The lowest BCUT2D eigenvalue weighted by Gasteiger charge is -2.39. The van der Waals surface area contributed by atoms with Gasteiger partial charge in [-0.1, -0.05) is 19.9 Å². The molecule has 1 aliphatic heterocycles. The molecular formula is C21H23F3N4O3S. The number of rotatable bonds is 4. The number of anilines is 1. The van der Waals surface area contributed by atoms with Gasteiger partial charge in [0.25, 0.3) is 0 Å². The van der Waals surface area contributed by atoms with Crippen molar-refractivity contribution in [2.45, 2.75) is 44.1 Å². The van der Waals surface area contributed by atoms with E-state index in [1.165, 1.54) is 0 Å². The molecule has 0 amide bonds. The highest BCUT2D eigenvalue weighted by Crippen LogP contribution is 2.39. The van der Waals surface area contributed by atoms with Crippen LogP contribution in [0.25, 0.3) is 10.9 Å². The molecule has 1 aromatic carbocycles. The van der Waals surface area contributed by atoms with Gasteiger partial charge in [-0.05, 0) is 24.1 Å². The average molecular weight is 469 g/mol. The fraction of sp³-hybridized carbons (Fsp3) is 0.429. The molecule has 1 N–H and O–H groups in total. The minimum absolute atomic E-state index is 0.00296. The van der Waals surface area contributed by atoms with Crippen LogP contribution in [0.1, 0.15) is 36.8 Å². The molecule has 0 aliphatic carbocycles. The van der Waals surface area contributed by atoms with E-state index < -0.39 is 28.3 Å². The Balaban J connectivity index is 1.84. The molecular weight excluding hydrogens is 445 g/mol. The number of aliphatic hydroxyl groups excluding tert-OH is 1. The summed E-state index contributed by atoms with van der Waals surface area (Å²) in [5.74, 6) is -0.0512. The van der Waals surface area contributed by atoms with Crippen molar-refractivity contribution in [2.75, 3.05) is 17.7 Å². The summed E-state index contributed by atoms with van der Waals surface area (Å²) >= 11 is 0. The third-order valence-corrected chi connectivity index (χ3v) is 6.83. The largest absolute Gasteiger partial charge is 0.433 e. The highest BCUT2D eigenvalue weighted by Gasteiger charge is 2.38.